The summed E-state index contributed by atoms with van der Waals surface area (Å²) in [6, 6.07) is -1.01. The molecule has 0 radical (unpaired) electrons. The predicted octanol–water partition coefficient (Wildman–Crippen LogP) is 1.39. The van der Waals surface area contributed by atoms with Crippen LogP contribution in [0.3, 0.4) is 0 Å². The van der Waals surface area contributed by atoms with Gasteiger partial charge >= 0.3 is 12.1 Å². The molecule has 0 bridgehead atoms. The van der Waals surface area contributed by atoms with Crippen molar-refractivity contribution in [1.29, 1.82) is 0 Å². The normalized spacial score (nSPS) is 28.3. The number of aliphatic hydroxyl groups excluding tert-OH is 1. The number of carbonyl (C=O) groups excluding carboxylic acids is 2. The minimum absolute atomic E-state index is 0.0921. The van der Waals surface area contributed by atoms with Gasteiger partial charge in [0.1, 0.15) is 23.9 Å². The van der Waals surface area contributed by atoms with Crippen LogP contribution in [0.25, 0.3) is 0 Å². The second-order valence-electron chi connectivity index (χ2n) is 7.13. The van der Waals surface area contributed by atoms with Gasteiger partial charge in [0.15, 0.2) is 6.04 Å². The molecule has 4 atom stereocenters. The van der Waals surface area contributed by atoms with E-state index in [4.69, 9.17) is 18.9 Å². The molecular weight excluding hydrogens is 330 g/mol. The highest BCUT2D eigenvalue weighted by Gasteiger charge is 2.34. The van der Waals surface area contributed by atoms with Crippen molar-refractivity contribution in [2.24, 2.45) is 0 Å². The van der Waals surface area contributed by atoms with Gasteiger partial charge in [0, 0.05) is 6.61 Å². The zero-order chi connectivity index (χ0) is 19.0. The lowest BCUT2D eigenvalue weighted by atomic mass is 10.1. The van der Waals surface area contributed by atoms with E-state index >= 15 is 0 Å². The Morgan fingerprint density at radius 2 is 2.04 bits per heavy atom. The summed E-state index contributed by atoms with van der Waals surface area (Å²) >= 11 is 0. The molecule has 8 nitrogen and oxygen atoms in total. The molecule has 1 rings (SSSR count). The Balaban J connectivity index is 2.68. The van der Waals surface area contributed by atoms with Crippen LogP contribution in [-0.4, -0.2) is 66.9 Å². The number of ether oxygens (including phenoxy) is 4. The minimum Gasteiger partial charge on any atom is -0.458 e. The van der Waals surface area contributed by atoms with Crippen LogP contribution in [0.1, 0.15) is 47.5 Å². The molecule has 1 aliphatic rings. The number of esters is 1. The molecule has 0 aromatic heterocycles. The Hall–Kier alpha value is -1.38. The first-order chi connectivity index (χ1) is 11.6. The first-order valence-electron chi connectivity index (χ1n) is 8.71. The fraction of sp³-hybridized carbons (Fsp3) is 0.882. The highest BCUT2D eigenvalue weighted by atomic mass is 16.6. The van der Waals surface area contributed by atoms with Gasteiger partial charge < -0.3 is 29.4 Å². The number of unbranched alkanes of at least 4 members (excludes halogenated alkanes) is 1. The van der Waals surface area contributed by atoms with E-state index < -0.39 is 42.0 Å². The summed E-state index contributed by atoms with van der Waals surface area (Å²) in [6.45, 7) is 9.28. The number of rotatable bonds is 5. The number of nitrogens with one attached hydrogen (secondary N) is 1. The summed E-state index contributed by atoms with van der Waals surface area (Å²) < 4.78 is 21.5. The fourth-order valence-corrected chi connectivity index (χ4v) is 2.18. The van der Waals surface area contributed by atoms with Crippen LogP contribution in [0.5, 0.6) is 0 Å². The molecule has 1 unspecified atom stereocenters. The maximum absolute atomic E-state index is 12.2. The number of hydrogen-bond donors (Lipinski definition) is 2. The second kappa shape index (κ2) is 9.94. The summed E-state index contributed by atoms with van der Waals surface area (Å²) in [5.74, 6) is -0.688. The number of hydrogen-bond acceptors (Lipinski definition) is 7. The van der Waals surface area contributed by atoms with Crippen LogP contribution in [-0.2, 0) is 23.7 Å². The SMILES string of the molecule is CCCCO[C@H]1COCC(NC(=O)OC(C)(C)C)C(=O)O[C@@H](C)[C@@H]1O. The summed E-state index contributed by atoms with van der Waals surface area (Å²) in [5.41, 5.74) is -0.685. The molecule has 0 aliphatic carbocycles. The van der Waals surface area contributed by atoms with Crippen molar-refractivity contribution in [1.82, 2.24) is 5.32 Å². The third-order valence-electron chi connectivity index (χ3n) is 3.54. The van der Waals surface area contributed by atoms with Gasteiger partial charge in [0.05, 0.1) is 13.2 Å². The molecular formula is C17H31NO7. The zero-order valence-corrected chi connectivity index (χ0v) is 15.7. The van der Waals surface area contributed by atoms with Crippen molar-refractivity contribution in [3.8, 4) is 0 Å². The zero-order valence-electron chi connectivity index (χ0n) is 15.7. The largest absolute Gasteiger partial charge is 0.458 e. The molecule has 1 saturated heterocycles. The number of amides is 1. The molecule has 1 aliphatic heterocycles. The third-order valence-corrected chi connectivity index (χ3v) is 3.54. The molecule has 1 fully saturated rings. The molecule has 1 heterocycles. The summed E-state index contributed by atoms with van der Waals surface area (Å²) in [5, 5.41) is 12.8. The van der Waals surface area contributed by atoms with Gasteiger partial charge in [0.2, 0.25) is 0 Å². The Morgan fingerprint density at radius 3 is 2.64 bits per heavy atom. The first kappa shape index (κ1) is 21.7. The number of cyclic esters (lactones) is 1. The van der Waals surface area contributed by atoms with E-state index in [0.29, 0.717) is 6.61 Å². The Labute approximate surface area is 149 Å². The number of carbonyl (C=O) groups is 2. The monoisotopic (exact) mass is 361 g/mol. The van der Waals surface area contributed by atoms with Crippen molar-refractivity contribution < 1.29 is 33.6 Å². The van der Waals surface area contributed by atoms with E-state index in [1.165, 1.54) is 0 Å². The van der Waals surface area contributed by atoms with Crippen molar-refractivity contribution in [3.05, 3.63) is 0 Å². The molecule has 0 aromatic rings. The summed E-state index contributed by atoms with van der Waals surface area (Å²) in [7, 11) is 0. The second-order valence-corrected chi connectivity index (χ2v) is 7.13. The van der Waals surface area contributed by atoms with Crippen LogP contribution in [0, 0.1) is 0 Å². The van der Waals surface area contributed by atoms with Gasteiger partial charge in [-0.2, -0.15) is 0 Å². The van der Waals surface area contributed by atoms with Crippen molar-refractivity contribution in [2.75, 3.05) is 19.8 Å². The van der Waals surface area contributed by atoms with E-state index in [1.807, 2.05) is 6.92 Å². The Kier molecular flexibility index (Phi) is 8.61. The average molecular weight is 361 g/mol. The standard InChI is InChI=1S/C17H31NO7/c1-6-7-8-23-13-10-22-9-12(15(20)24-11(2)14(13)19)18-16(21)25-17(3,4)5/h11-14,19H,6-10H2,1-5H3,(H,18,21)/t11-,12?,13-,14-/m0/s1. The van der Waals surface area contributed by atoms with Crippen LogP contribution < -0.4 is 5.32 Å². The average Bonchev–Trinajstić information content (AvgIpc) is 2.53. The van der Waals surface area contributed by atoms with Gasteiger partial charge in [0.25, 0.3) is 0 Å². The first-order valence-corrected chi connectivity index (χ1v) is 8.71. The van der Waals surface area contributed by atoms with Crippen LogP contribution in [0.2, 0.25) is 0 Å². The molecule has 0 spiro atoms. The third kappa shape index (κ3) is 8.02. The summed E-state index contributed by atoms with van der Waals surface area (Å²) in [6.07, 6.45) is -1.31. The lowest BCUT2D eigenvalue weighted by molar-refractivity contribution is -0.161. The summed E-state index contributed by atoms with van der Waals surface area (Å²) in [4.78, 5) is 24.1. The lowest BCUT2D eigenvalue weighted by Crippen LogP contribution is -2.47. The quantitative estimate of drug-likeness (QED) is 0.563. The van der Waals surface area contributed by atoms with Crippen LogP contribution in [0.15, 0.2) is 0 Å². The van der Waals surface area contributed by atoms with Crippen LogP contribution in [0.4, 0.5) is 4.79 Å². The van der Waals surface area contributed by atoms with E-state index in [0.717, 1.165) is 12.8 Å². The molecule has 1 amide bonds. The molecule has 8 heteroatoms. The fourth-order valence-electron chi connectivity index (χ4n) is 2.18. The Bertz CT molecular complexity index is 435. The van der Waals surface area contributed by atoms with E-state index in [2.05, 4.69) is 5.32 Å². The molecule has 25 heavy (non-hydrogen) atoms. The number of alkyl carbamates (subject to hydrolysis) is 1. The van der Waals surface area contributed by atoms with Gasteiger partial charge in [-0.15, -0.1) is 0 Å². The van der Waals surface area contributed by atoms with Gasteiger partial charge in [-0.25, -0.2) is 9.59 Å². The maximum atomic E-state index is 12.2. The highest BCUT2D eigenvalue weighted by molar-refractivity contribution is 5.81. The minimum atomic E-state index is -1.01. The van der Waals surface area contributed by atoms with Gasteiger partial charge in [-0.3, -0.25) is 0 Å². The van der Waals surface area contributed by atoms with Crippen molar-refractivity contribution in [3.63, 3.8) is 0 Å². The maximum Gasteiger partial charge on any atom is 0.408 e. The molecule has 0 aromatic carbocycles. The lowest BCUT2D eigenvalue weighted by Gasteiger charge is -2.26. The van der Waals surface area contributed by atoms with E-state index in [-0.39, 0.29) is 13.2 Å². The van der Waals surface area contributed by atoms with Crippen molar-refractivity contribution in [2.45, 2.75) is 77.4 Å². The van der Waals surface area contributed by atoms with Gasteiger partial charge in [-0.1, -0.05) is 13.3 Å². The Morgan fingerprint density at radius 1 is 1.36 bits per heavy atom. The molecule has 2 N–H and O–H groups in total. The van der Waals surface area contributed by atoms with Crippen LogP contribution >= 0.6 is 0 Å². The van der Waals surface area contributed by atoms with Crippen molar-refractivity contribution >= 4 is 12.1 Å². The van der Waals surface area contributed by atoms with Gasteiger partial charge in [-0.05, 0) is 34.1 Å². The highest BCUT2D eigenvalue weighted by Crippen LogP contribution is 2.14. The molecule has 146 valence electrons. The van der Waals surface area contributed by atoms with E-state index in [9.17, 15) is 14.7 Å². The predicted molar refractivity (Wildman–Crippen MR) is 90.2 cm³/mol. The molecule has 0 saturated carbocycles. The number of aliphatic hydroxyl groups is 1. The van der Waals surface area contributed by atoms with E-state index in [1.54, 1.807) is 27.7 Å². The smallest absolute Gasteiger partial charge is 0.408 e. The topological polar surface area (TPSA) is 103 Å².